The number of rotatable bonds is 6. The average molecular weight is 354 g/mol. The van der Waals surface area contributed by atoms with Gasteiger partial charge in [0.1, 0.15) is 12.4 Å². The van der Waals surface area contributed by atoms with Crippen molar-refractivity contribution in [1.82, 2.24) is 10.8 Å². The molecule has 0 unspecified atom stereocenters. The van der Waals surface area contributed by atoms with Crippen molar-refractivity contribution in [2.75, 3.05) is 0 Å². The Labute approximate surface area is 152 Å². The van der Waals surface area contributed by atoms with Gasteiger partial charge in [-0.3, -0.25) is 14.8 Å². The summed E-state index contributed by atoms with van der Waals surface area (Å²) in [5.41, 5.74) is 3.26. The van der Waals surface area contributed by atoms with Crippen molar-refractivity contribution in [3.8, 4) is 5.75 Å². The molecule has 2 aromatic carbocycles. The van der Waals surface area contributed by atoms with Gasteiger partial charge in [-0.1, -0.05) is 36.8 Å². The molecule has 1 aliphatic carbocycles. The highest BCUT2D eigenvalue weighted by Crippen LogP contribution is 2.26. The second-order valence-electron chi connectivity index (χ2n) is 6.39. The third-order valence-corrected chi connectivity index (χ3v) is 4.64. The van der Waals surface area contributed by atoms with Crippen LogP contribution < -0.4 is 15.5 Å². The summed E-state index contributed by atoms with van der Waals surface area (Å²) in [5.74, 6) is -0.388. The van der Waals surface area contributed by atoms with Crippen LogP contribution in [0.25, 0.3) is 0 Å². The molecule has 0 radical (unpaired) electrons. The average Bonchev–Trinajstić information content (AvgIpc) is 3.15. The van der Waals surface area contributed by atoms with Crippen LogP contribution in [0.5, 0.6) is 5.75 Å². The predicted molar refractivity (Wildman–Crippen MR) is 95.7 cm³/mol. The molecule has 1 saturated carbocycles. The van der Waals surface area contributed by atoms with Crippen molar-refractivity contribution in [2.45, 2.75) is 31.9 Å². The summed E-state index contributed by atoms with van der Waals surface area (Å²) >= 11 is 0. The van der Waals surface area contributed by atoms with E-state index in [0.717, 1.165) is 18.4 Å². The van der Waals surface area contributed by atoms with Crippen LogP contribution in [-0.2, 0) is 11.4 Å². The first kappa shape index (κ1) is 17.9. The molecule has 136 valence electrons. The number of benzene rings is 2. The van der Waals surface area contributed by atoms with Gasteiger partial charge in [0.2, 0.25) is 5.91 Å². The van der Waals surface area contributed by atoms with Crippen LogP contribution in [0.15, 0.2) is 54.6 Å². The molecule has 0 saturated heterocycles. The Morgan fingerprint density at radius 2 is 1.77 bits per heavy atom. The smallest absolute Gasteiger partial charge is 0.251 e. The summed E-state index contributed by atoms with van der Waals surface area (Å²) < 4.78 is 5.71. The van der Waals surface area contributed by atoms with E-state index in [2.05, 4.69) is 5.32 Å². The van der Waals surface area contributed by atoms with Crippen LogP contribution >= 0.6 is 0 Å². The zero-order chi connectivity index (χ0) is 18.4. The van der Waals surface area contributed by atoms with E-state index >= 15 is 0 Å². The van der Waals surface area contributed by atoms with Gasteiger partial charge in [-0.2, -0.15) is 0 Å². The lowest BCUT2D eigenvalue weighted by molar-refractivity contribution is -0.133. The summed E-state index contributed by atoms with van der Waals surface area (Å²) in [4.78, 5) is 24.0. The highest BCUT2D eigenvalue weighted by molar-refractivity contribution is 5.95. The van der Waals surface area contributed by atoms with Gasteiger partial charge < -0.3 is 10.1 Å². The first-order chi connectivity index (χ1) is 12.7. The SMILES string of the molecule is O=C(N[C@@H]1CCC[C@@H]1C(=O)NO)c1ccc(OCc2ccccc2)cc1. The van der Waals surface area contributed by atoms with Crippen molar-refractivity contribution in [2.24, 2.45) is 5.92 Å². The molecular formula is C20H22N2O4. The maximum atomic E-state index is 12.4. The van der Waals surface area contributed by atoms with Crippen LogP contribution in [-0.4, -0.2) is 23.1 Å². The van der Waals surface area contributed by atoms with Gasteiger partial charge in [0.25, 0.3) is 5.91 Å². The van der Waals surface area contributed by atoms with Crippen LogP contribution in [0.2, 0.25) is 0 Å². The normalized spacial score (nSPS) is 19.0. The number of nitrogens with one attached hydrogen (secondary N) is 2. The fraction of sp³-hybridized carbons (Fsp3) is 0.300. The lowest BCUT2D eigenvalue weighted by Crippen LogP contribution is -2.43. The Hall–Kier alpha value is -2.86. The molecule has 26 heavy (non-hydrogen) atoms. The van der Waals surface area contributed by atoms with Crippen molar-refractivity contribution in [3.05, 3.63) is 65.7 Å². The molecule has 1 aliphatic rings. The van der Waals surface area contributed by atoms with Gasteiger partial charge in [-0.05, 0) is 42.7 Å². The third-order valence-electron chi connectivity index (χ3n) is 4.64. The maximum absolute atomic E-state index is 12.4. The highest BCUT2D eigenvalue weighted by atomic mass is 16.5. The molecule has 6 nitrogen and oxygen atoms in total. The van der Waals surface area contributed by atoms with Crippen molar-refractivity contribution >= 4 is 11.8 Å². The topological polar surface area (TPSA) is 87.7 Å². The fourth-order valence-electron chi connectivity index (χ4n) is 3.22. The third kappa shape index (κ3) is 4.40. The Bertz CT molecular complexity index is 746. The van der Waals surface area contributed by atoms with Crippen molar-refractivity contribution in [1.29, 1.82) is 0 Å². The lowest BCUT2D eigenvalue weighted by Gasteiger charge is -2.19. The van der Waals surface area contributed by atoms with E-state index < -0.39 is 11.8 Å². The molecule has 0 aliphatic heterocycles. The fourth-order valence-corrected chi connectivity index (χ4v) is 3.22. The van der Waals surface area contributed by atoms with E-state index in [4.69, 9.17) is 9.94 Å². The zero-order valence-electron chi connectivity index (χ0n) is 14.4. The van der Waals surface area contributed by atoms with E-state index in [1.165, 1.54) is 0 Å². The summed E-state index contributed by atoms with van der Waals surface area (Å²) in [6, 6.07) is 16.5. The molecule has 0 aromatic heterocycles. The molecule has 3 rings (SSSR count). The van der Waals surface area contributed by atoms with E-state index in [1.54, 1.807) is 29.7 Å². The number of amides is 2. The summed E-state index contributed by atoms with van der Waals surface area (Å²) in [6.07, 6.45) is 2.22. The number of carbonyl (C=O) groups is 2. The van der Waals surface area contributed by atoms with Crippen LogP contribution in [0, 0.1) is 5.92 Å². The summed E-state index contributed by atoms with van der Waals surface area (Å²) in [6.45, 7) is 0.465. The number of carbonyl (C=O) groups excluding carboxylic acids is 2. The summed E-state index contributed by atoms with van der Waals surface area (Å²) in [7, 11) is 0. The molecule has 2 aromatic rings. The Kier molecular flexibility index (Phi) is 5.86. The molecule has 3 N–H and O–H groups in total. The molecule has 2 atom stereocenters. The lowest BCUT2D eigenvalue weighted by atomic mass is 10.0. The number of hydrogen-bond donors (Lipinski definition) is 3. The Morgan fingerprint density at radius 3 is 2.46 bits per heavy atom. The predicted octanol–water partition coefficient (Wildman–Crippen LogP) is 2.67. The standard InChI is InChI=1S/C20H22N2O4/c23-19(21-18-8-4-7-17(18)20(24)22-25)15-9-11-16(12-10-15)26-13-14-5-2-1-3-6-14/h1-3,5-6,9-12,17-18,25H,4,7-8,13H2,(H,21,23)(H,22,24)/t17-,18+/m0/s1. The Morgan fingerprint density at radius 1 is 1.04 bits per heavy atom. The minimum atomic E-state index is -0.447. The molecule has 1 fully saturated rings. The van der Waals surface area contributed by atoms with E-state index in [0.29, 0.717) is 24.3 Å². The highest BCUT2D eigenvalue weighted by Gasteiger charge is 2.34. The molecular weight excluding hydrogens is 332 g/mol. The van der Waals surface area contributed by atoms with Crippen LogP contribution in [0.4, 0.5) is 0 Å². The van der Waals surface area contributed by atoms with Gasteiger partial charge in [0.15, 0.2) is 0 Å². The van der Waals surface area contributed by atoms with Crippen LogP contribution in [0.3, 0.4) is 0 Å². The van der Waals surface area contributed by atoms with Gasteiger partial charge in [-0.25, -0.2) is 5.48 Å². The number of hydroxylamine groups is 1. The zero-order valence-corrected chi connectivity index (χ0v) is 14.4. The minimum absolute atomic E-state index is 0.234. The van der Waals surface area contributed by atoms with Gasteiger partial charge >= 0.3 is 0 Å². The molecule has 0 spiro atoms. The second-order valence-corrected chi connectivity index (χ2v) is 6.39. The minimum Gasteiger partial charge on any atom is -0.489 e. The van der Waals surface area contributed by atoms with Gasteiger partial charge in [-0.15, -0.1) is 0 Å². The first-order valence-corrected chi connectivity index (χ1v) is 8.69. The van der Waals surface area contributed by atoms with Gasteiger partial charge in [0.05, 0.1) is 5.92 Å². The van der Waals surface area contributed by atoms with Crippen molar-refractivity contribution in [3.63, 3.8) is 0 Å². The quantitative estimate of drug-likeness (QED) is 0.550. The van der Waals surface area contributed by atoms with E-state index in [9.17, 15) is 9.59 Å². The second kappa shape index (κ2) is 8.49. The van der Waals surface area contributed by atoms with Gasteiger partial charge in [0, 0.05) is 11.6 Å². The maximum Gasteiger partial charge on any atom is 0.251 e. The van der Waals surface area contributed by atoms with Crippen LogP contribution in [0.1, 0.15) is 35.2 Å². The number of hydrogen-bond acceptors (Lipinski definition) is 4. The molecule has 0 bridgehead atoms. The largest absolute Gasteiger partial charge is 0.489 e. The molecule has 2 amide bonds. The first-order valence-electron chi connectivity index (χ1n) is 8.69. The molecule has 6 heteroatoms. The summed E-state index contributed by atoms with van der Waals surface area (Å²) in [5, 5.41) is 11.7. The number of ether oxygens (including phenoxy) is 1. The van der Waals surface area contributed by atoms with E-state index in [-0.39, 0.29) is 11.9 Å². The molecule has 0 heterocycles. The van der Waals surface area contributed by atoms with E-state index in [1.807, 2.05) is 30.3 Å². The Balaban J connectivity index is 1.56. The monoisotopic (exact) mass is 354 g/mol. The van der Waals surface area contributed by atoms with Crippen molar-refractivity contribution < 1.29 is 19.5 Å².